The van der Waals surface area contributed by atoms with Gasteiger partial charge in [-0.1, -0.05) is 11.6 Å². The predicted octanol–water partition coefficient (Wildman–Crippen LogP) is 7.05. The number of amides is 1. The molecule has 1 unspecified atom stereocenters. The number of rotatable bonds is 6. The van der Waals surface area contributed by atoms with Crippen molar-refractivity contribution >= 4 is 50.9 Å². The average molecular weight is 660 g/mol. The summed E-state index contributed by atoms with van der Waals surface area (Å²) in [5, 5.41) is 12.8. The molecule has 0 bridgehead atoms. The fourth-order valence-corrected chi connectivity index (χ4v) is 5.67. The van der Waals surface area contributed by atoms with Crippen LogP contribution in [0.4, 0.5) is 51.0 Å². The lowest BCUT2D eigenvalue weighted by Crippen LogP contribution is -2.27. The molecule has 1 aliphatic rings. The number of halogens is 10. The van der Waals surface area contributed by atoms with E-state index in [2.05, 4.69) is 20.6 Å². The zero-order chi connectivity index (χ0) is 32.5. The van der Waals surface area contributed by atoms with E-state index in [0.717, 1.165) is 30.6 Å². The Hall–Kier alpha value is -4.80. The lowest BCUT2D eigenvalue weighted by atomic mass is 9.95. The molecule has 1 aliphatic heterocycles. The van der Waals surface area contributed by atoms with Crippen molar-refractivity contribution in [2.24, 2.45) is 0 Å². The Bertz CT molecular complexity index is 2090. The number of benzene rings is 3. The van der Waals surface area contributed by atoms with E-state index < -0.39 is 93.8 Å². The molecule has 0 aliphatic carbocycles. The molecule has 1 atom stereocenters. The number of imidazole rings is 1. The first-order valence-corrected chi connectivity index (χ1v) is 13.0. The standard InChI is InChI=1S/C27H15ClF9N7O/c28-14-2-1-9(29)3-11(14)21-18-15(41-23-12-4-10(30)5-13(27(35,36)37)20(12)39-8-40-23)6-16-22(19(18)24(45)42-21)44(25(33)34)26(38)43(16)7-17(31)32/h1-6,8,17,21,25,38H,7H2,(H,42,45)(H,39,40,41). The third kappa shape index (κ3) is 5.00. The summed E-state index contributed by atoms with van der Waals surface area (Å²) in [5.41, 5.74) is -5.41. The molecule has 0 radical (unpaired) electrons. The van der Waals surface area contributed by atoms with Crippen LogP contribution >= 0.6 is 11.6 Å². The van der Waals surface area contributed by atoms with Crippen LogP contribution < -0.4 is 16.3 Å². The number of nitrogens with one attached hydrogen (secondary N) is 3. The highest BCUT2D eigenvalue weighted by atomic mass is 35.5. The third-order valence-corrected chi connectivity index (χ3v) is 7.52. The van der Waals surface area contributed by atoms with Crippen molar-refractivity contribution in [2.75, 3.05) is 5.32 Å². The van der Waals surface area contributed by atoms with Gasteiger partial charge in [-0.05, 0) is 36.4 Å². The van der Waals surface area contributed by atoms with E-state index in [4.69, 9.17) is 17.0 Å². The van der Waals surface area contributed by atoms with Gasteiger partial charge in [0, 0.05) is 27.2 Å². The van der Waals surface area contributed by atoms with Gasteiger partial charge in [-0.3, -0.25) is 14.8 Å². The normalized spacial score (nSPS) is 15.0. The second-order valence-corrected chi connectivity index (χ2v) is 10.2. The Morgan fingerprint density at radius 3 is 2.44 bits per heavy atom. The zero-order valence-corrected chi connectivity index (χ0v) is 22.7. The van der Waals surface area contributed by atoms with Crippen LogP contribution in [0.25, 0.3) is 21.9 Å². The first-order chi connectivity index (χ1) is 21.2. The van der Waals surface area contributed by atoms with Gasteiger partial charge >= 0.3 is 12.7 Å². The van der Waals surface area contributed by atoms with E-state index in [-0.39, 0.29) is 32.5 Å². The maximum atomic E-state index is 14.4. The topological polar surface area (TPSA) is 101 Å². The molecule has 6 rings (SSSR count). The van der Waals surface area contributed by atoms with Crippen molar-refractivity contribution in [2.45, 2.75) is 31.7 Å². The molecule has 3 aromatic carbocycles. The number of carbonyl (C=O) groups is 1. The number of anilines is 2. The number of aromatic nitrogens is 4. The smallest absolute Gasteiger partial charge is 0.341 e. The van der Waals surface area contributed by atoms with Gasteiger partial charge in [-0.15, -0.1) is 0 Å². The van der Waals surface area contributed by atoms with Gasteiger partial charge in [0.1, 0.15) is 23.8 Å². The molecule has 3 heterocycles. The minimum Gasteiger partial charge on any atom is -0.341 e. The van der Waals surface area contributed by atoms with Crippen LogP contribution in [0.15, 0.2) is 42.7 Å². The molecule has 0 saturated heterocycles. The Balaban J connectivity index is 1.70. The number of nitrogens with zero attached hydrogens (tertiary/aromatic N) is 4. The van der Waals surface area contributed by atoms with Crippen molar-refractivity contribution in [3.8, 4) is 0 Å². The maximum absolute atomic E-state index is 14.4. The number of fused-ring (bicyclic) bond motifs is 4. The molecular formula is C27H15ClF9N7O. The van der Waals surface area contributed by atoms with Crippen LogP contribution in [-0.4, -0.2) is 31.4 Å². The molecule has 0 fully saturated rings. The molecular weight excluding hydrogens is 645 g/mol. The van der Waals surface area contributed by atoms with Gasteiger partial charge < -0.3 is 15.2 Å². The number of hydrogen-bond donors (Lipinski definition) is 3. The predicted molar refractivity (Wildman–Crippen MR) is 142 cm³/mol. The van der Waals surface area contributed by atoms with Gasteiger partial charge in [0.25, 0.3) is 12.3 Å². The second kappa shape index (κ2) is 10.7. The fourth-order valence-electron chi connectivity index (χ4n) is 5.44. The van der Waals surface area contributed by atoms with Crippen molar-refractivity contribution in [3.05, 3.63) is 87.3 Å². The Labute approximate surface area is 249 Å². The Kier molecular flexibility index (Phi) is 7.17. The van der Waals surface area contributed by atoms with E-state index in [1.807, 2.05) is 0 Å². The first kappa shape index (κ1) is 30.2. The van der Waals surface area contributed by atoms with Crippen LogP contribution in [0.2, 0.25) is 5.02 Å². The summed E-state index contributed by atoms with van der Waals surface area (Å²) < 4.78 is 126. The SMILES string of the molecule is N=c1n(CC(F)F)c2cc(Nc3ncnc4c(C(F)(F)F)cc(F)cc34)c3c(c2n1C(F)F)C(=O)NC3c1cc(F)ccc1Cl. The van der Waals surface area contributed by atoms with Gasteiger partial charge in [-0.2, -0.15) is 22.0 Å². The summed E-state index contributed by atoms with van der Waals surface area (Å²) in [6.07, 6.45) is -7.44. The minimum absolute atomic E-state index is 0.0561. The molecule has 2 aromatic heterocycles. The summed E-state index contributed by atoms with van der Waals surface area (Å²) in [4.78, 5) is 21.0. The lowest BCUT2D eigenvalue weighted by Gasteiger charge is -2.20. The van der Waals surface area contributed by atoms with Gasteiger partial charge in [0.05, 0.1) is 40.3 Å². The van der Waals surface area contributed by atoms with Crippen molar-refractivity contribution in [1.29, 1.82) is 5.41 Å². The Morgan fingerprint density at radius 1 is 1.04 bits per heavy atom. The molecule has 45 heavy (non-hydrogen) atoms. The number of alkyl halides is 7. The fraction of sp³-hybridized carbons (Fsp3) is 0.185. The first-order valence-electron chi connectivity index (χ1n) is 12.6. The maximum Gasteiger partial charge on any atom is 0.418 e. The van der Waals surface area contributed by atoms with Gasteiger partial charge in [0.15, 0.2) is 0 Å². The molecule has 0 saturated carbocycles. The van der Waals surface area contributed by atoms with E-state index in [0.29, 0.717) is 10.6 Å². The largest absolute Gasteiger partial charge is 0.418 e. The highest BCUT2D eigenvalue weighted by Gasteiger charge is 2.39. The number of hydrogen-bond acceptors (Lipinski definition) is 5. The molecule has 5 aromatic rings. The lowest BCUT2D eigenvalue weighted by molar-refractivity contribution is -0.136. The summed E-state index contributed by atoms with van der Waals surface area (Å²) in [5.74, 6) is -3.60. The van der Waals surface area contributed by atoms with Gasteiger partial charge in [0.2, 0.25) is 5.62 Å². The summed E-state index contributed by atoms with van der Waals surface area (Å²) in [6, 6.07) is 3.66. The highest BCUT2D eigenvalue weighted by Crippen LogP contribution is 2.45. The monoisotopic (exact) mass is 659 g/mol. The van der Waals surface area contributed by atoms with Crippen molar-refractivity contribution in [3.63, 3.8) is 0 Å². The minimum atomic E-state index is -5.04. The molecule has 8 nitrogen and oxygen atoms in total. The molecule has 234 valence electrons. The number of carbonyl (C=O) groups excluding carboxylic acids is 1. The second-order valence-electron chi connectivity index (χ2n) is 9.82. The average Bonchev–Trinajstić information content (AvgIpc) is 3.43. The van der Waals surface area contributed by atoms with Crippen molar-refractivity contribution in [1.82, 2.24) is 24.4 Å². The Morgan fingerprint density at radius 2 is 1.78 bits per heavy atom. The zero-order valence-electron chi connectivity index (χ0n) is 22.0. The third-order valence-electron chi connectivity index (χ3n) is 7.17. The van der Waals surface area contributed by atoms with E-state index >= 15 is 0 Å². The quantitative estimate of drug-likeness (QED) is 0.170. The molecule has 1 amide bonds. The van der Waals surface area contributed by atoms with Crippen LogP contribution in [0.3, 0.4) is 0 Å². The van der Waals surface area contributed by atoms with Gasteiger partial charge in [-0.25, -0.2) is 27.5 Å². The summed E-state index contributed by atoms with van der Waals surface area (Å²) >= 11 is 6.30. The molecule has 0 spiro atoms. The van der Waals surface area contributed by atoms with Crippen LogP contribution in [0.5, 0.6) is 0 Å². The summed E-state index contributed by atoms with van der Waals surface area (Å²) in [6.45, 7) is -4.73. The van der Waals surface area contributed by atoms with Crippen molar-refractivity contribution < 1.29 is 44.3 Å². The highest BCUT2D eigenvalue weighted by molar-refractivity contribution is 6.31. The molecule has 3 N–H and O–H groups in total. The van der Waals surface area contributed by atoms with E-state index in [1.165, 1.54) is 0 Å². The molecule has 18 heteroatoms. The van der Waals surface area contributed by atoms with E-state index in [1.54, 1.807) is 0 Å². The summed E-state index contributed by atoms with van der Waals surface area (Å²) in [7, 11) is 0. The van der Waals surface area contributed by atoms with Crippen LogP contribution in [0.1, 0.15) is 39.6 Å². The van der Waals surface area contributed by atoms with E-state index in [9.17, 15) is 44.3 Å². The van der Waals surface area contributed by atoms with Crippen LogP contribution in [0, 0.1) is 17.0 Å². The van der Waals surface area contributed by atoms with Crippen LogP contribution in [-0.2, 0) is 12.7 Å².